The normalized spacial score (nSPS) is 24.5. The second kappa shape index (κ2) is 4.13. The SMILES string of the molecule is O=C(O)CC1=CSC2=NCC[NH+]12.[Cl-]. The Kier molecular flexibility index (Phi) is 3.35. The molecule has 2 heterocycles. The molecule has 0 aliphatic carbocycles. The molecule has 0 aromatic carbocycles. The summed E-state index contributed by atoms with van der Waals surface area (Å²) >= 11 is 1.55. The van der Waals surface area contributed by atoms with Gasteiger partial charge in [0.25, 0.3) is 5.17 Å². The van der Waals surface area contributed by atoms with E-state index in [2.05, 4.69) is 4.99 Å². The Morgan fingerprint density at radius 1 is 1.77 bits per heavy atom. The van der Waals surface area contributed by atoms with Crippen molar-refractivity contribution in [3.05, 3.63) is 11.1 Å². The second-order valence-corrected chi connectivity index (χ2v) is 3.60. The summed E-state index contributed by atoms with van der Waals surface area (Å²) in [6.07, 6.45) is 0.140. The summed E-state index contributed by atoms with van der Waals surface area (Å²) in [5.74, 6) is -0.762. The van der Waals surface area contributed by atoms with Crippen molar-refractivity contribution in [1.29, 1.82) is 0 Å². The van der Waals surface area contributed by atoms with E-state index in [0.717, 1.165) is 28.9 Å². The van der Waals surface area contributed by atoms with Crippen LogP contribution < -0.4 is 17.3 Å². The monoisotopic (exact) mass is 220 g/mol. The van der Waals surface area contributed by atoms with Gasteiger partial charge in [-0.3, -0.25) is 4.79 Å². The minimum Gasteiger partial charge on any atom is -1.00 e. The van der Waals surface area contributed by atoms with Gasteiger partial charge in [-0.15, -0.1) is 0 Å². The Morgan fingerprint density at radius 3 is 3.23 bits per heavy atom. The van der Waals surface area contributed by atoms with Crippen LogP contribution in [0.5, 0.6) is 0 Å². The third kappa shape index (κ3) is 2.04. The molecule has 1 unspecified atom stereocenters. The minimum absolute atomic E-state index is 0. The molecule has 4 nitrogen and oxygen atoms in total. The lowest BCUT2D eigenvalue weighted by Gasteiger charge is -2.07. The fourth-order valence-electron chi connectivity index (χ4n) is 1.39. The molecule has 0 amide bonds. The molecule has 72 valence electrons. The second-order valence-electron chi connectivity index (χ2n) is 2.75. The van der Waals surface area contributed by atoms with Crippen LogP contribution in [-0.4, -0.2) is 29.3 Å². The maximum atomic E-state index is 10.4. The van der Waals surface area contributed by atoms with E-state index in [1.165, 1.54) is 0 Å². The van der Waals surface area contributed by atoms with Gasteiger partial charge in [0.05, 0.1) is 6.54 Å². The average Bonchev–Trinajstić information content (AvgIpc) is 2.52. The number of hydrogen-bond acceptors (Lipinski definition) is 3. The van der Waals surface area contributed by atoms with Crippen molar-refractivity contribution in [3.8, 4) is 0 Å². The Bertz CT molecular complexity index is 290. The van der Waals surface area contributed by atoms with Crippen LogP contribution in [-0.2, 0) is 4.79 Å². The maximum absolute atomic E-state index is 10.4. The van der Waals surface area contributed by atoms with E-state index >= 15 is 0 Å². The zero-order valence-corrected chi connectivity index (χ0v) is 8.36. The Morgan fingerprint density at radius 2 is 2.54 bits per heavy atom. The van der Waals surface area contributed by atoms with E-state index in [0.29, 0.717) is 0 Å². The molecule has 0 saturated carbocycles. The summed E-state index contributed by atoms with van der Waals surface area (Å²) in [6, 6.07) is 0. The molecule has 0 aromatic rings. The maximum Gasteiger partial charge on any atom is 0.313 e. The van der Waals surface area contributed by atoms with Crippen molar-refractivity contribution in [3.63, 3.8) is 0 Å². The number of fused-ring (bicyclic) bond motifs is 1. The van der Waals surface area contributed by atoms with E-state index in [1.807, 2.05) is 5.41 Å². The van der Waals surface area contributed by atoms with Crippen molar-refractivity contribution in [1.82, 2.24) is 0 Å². The number of halogens is 1. The minimum atomic E-state index is -0.762. The first kappa shape index (κ1) is 10.6. The molecule has 1 atom stereocenters. The number of nitrogens with one attached hydrogen (secondary N) is 1. The standard InChI is InChI=1S/C7H8N2O2S.ClH/c10-6(11)3-5-4-12-7-8-1-2-9(5)7;/h4H,1-3H2,(H,10,11);1H. The first-order chi connectivity index (χ1) is 5.77. The van der Waals surface area contributed by atoms with E-state index in [1.54, 1.807) is 11.8 Å². The van der Waals surface area contributed by atoms with Gasteiger partial charge < -0.3 is 17.5 Å². The van der Waals surface area contributed by atoms with Crippen LogP contribution in [0.3, 0.4) is 0 Å². The highest BCUT2D eigenvalue weighted by Crippen LogP contribution is 2.15. The summed E-state index contributed by atoms with van der Waals surface area (Å²) in [7, 11) is 0. The van der Waals surface area contributed by atoms with Gasteiger partial charge in [0.15, 0.2) is 0 Å². The van der Waals surface area contributed by atoms with Gasteiger partial charge in [-0.05, 0) is 11.8 Å². The van der Waals surface area contributed by atoms with Gasteiger partial charge in [0.2, 0.25) is 0 Å². The summed E-state index contributed by atoms with van der Waals surface area (Å²) in [5, 5.41) is 11.5. The number of aliphatic imine (C=N–C) groups is 1. The zero-order valence-electron chi connectivity index (χ0n) is 6.79. The third-order valence-corrected chi connectivity index (χ3v) is 2.92. The van der Waals surface area contributed by atoms with E-state index in [9.17, 15) is 4.79 Å². The molecule has 0 aromatic heterocycles. The number of aliphatic carboxylic acids is 1. The van der Waals surface area contributed by atoms with Crippen molar-refractivity contribution in [2.24, 2.45) is 4.99 Å². The number of nitrogens with zero attached hydrogens (tertiary/aromatic N) is 1. The molecular formula is C7H9ClN2O2S. The summed E-state index contributed by atoms with van der Waals surface area (Å²) < 4.78 is 0. The molecule has 13 heavy (non-hydrogen) atoms. The number of hydrogen-bond donors (Lipinski definition) is 2. The topological polar surface area (TPSA) is 54.1 Å². The van der Waals surface area contributed by atoms with Crippen LogP contribution in [0.1, 0.15) is 6.42 Å². The predicted molar refractivity (Wildman–Crippen MR) is 46.1 cm³/mol. The quantitative estimate of drug-likeness (QED) is 0.504. The highest BCUT2D eigenvalue weighted by atomic mass is 35.5. The number of carboxylic acids is 1. The highest BCUT2D eigenvalue weighted by molar-refractivity contribution is 8.16. The zero-order chi connectivity index (χ0) is 8.55. The number of carbonyl (C=O) groups is 1. The molecule has 2 rings (SSSR count). The number of carboxylic acid groups (broad SMARTS) is 1. The highest BCUT2D eigenvalue weighted by Gasteiger charge is 2.33. The van der Waals surface area contributed by atoms with Crippen molar-refractivity contribution < 1.29 is 27.2 Å². The van der Waals surface area contributed by atoms with Gasteiger partial charge in [-0.25, -0.2) is 9.89 Å². The largest absolute Gasteiger partial charge is 1.00 e. The van der Waals surface area contributed by atoms with E-state index < -0.39 is 5.97 Å². The molecular weight excluding hydrogens is 212 g/mol. The van der Waals surface area contributed by atoms with Crippen LogP contribution >= 0.6 is 11.8 Å². The van der Waals surface area contributed by atoms with Crippen molar-refractivity contribution >= 4 is 22.9 Å². The van der Waals surface area contributed by atoms with Crippen LogP contribution in [0, 0.1) is 0 Å². The average molecular weight is 221 g/mol. The fourth-order valence-corrected chi connectivity index (χ4v) is 2.41. The Balaban J connectivity index is 0.000000845. The first-order valence-corrected chi connectivity index (χ1v) is 4.64. The van der Waals surface area contributed by atoms with Crippen LogP contribution in [0.25, 0.3) is 0 Å². The van der Waals surface area contributed by atoms with E-state index in [4.69, 9.17) is 5.11 Å². The van der Waals surface area contributed by atoms with Gasteiger partial charge in [0, 0.05) is 5.41 Å². The third-order valence-electron chi connectivity index (χ3n) is 1.92. The van der Waals surface area contributed by atoms with Crippen molar-refractivity contribution in [2.75, 3.05) is 13.1 Å². The molecule has 2 N–H and O–H groups in total. The van der Waals surface area contributed by atoms with Crippen LogP contribution in [0.2, 0.25) is 0 Å². The summed E-state index contributed by atoms with van der Waals surface area (Å²) in [4.78, 5) is 15.8. The number of quaternary nitrogens is 1. The van der Waals surface area contributed by atoms with Gasteiger partial charge in [-0.2, -0.15) is 0 Å². The first-order valence-electron chi connectivity index (χ1n) is 3.76. The molecule has 0 fully saturated rings. The lowest BCUT2D eigenvalue weighted by atomic mass is 10.3. The number of rotatable bonds is 2. The summed E-state index contributed by atoms with van der Waals surface area (Å²) in [6.45, 7) is 1.75. The molecule has 2 aliphatic heterocycles. The lowest BCUT2D eigenvalue weighted by molar-refractivity contribution is -0.749. The predicted octanol–water partition coefficient (Wildman–Crippen LogP) is -3.69. The van der Waals surface area contributed by atoms with Gasteiger partial charge in [0.1, 0.15) is 18.7 Å². The van der Waals surface area contributed by atoms with Gasteiger partial charge in [-0.1, -0.05) is 0 Å². The number of amidine groups is 1. The molecule has 2 aliphatic rings. The molecule has 6 heteroatoms. The Labute approximate surface area is 86.1 Å². The van der Waals surface area contributed by atoms with Crippen LogP contribution in [0.4, 0.5) is 0 Å². The molecule has 0 spiro atoms. The van der Waals surface area contributed by atoms with Crippen LogP contribution in [0.15, 0.2) is 16.1 Å². The van der Waals surface area contributed by atoms with Gasteiger partial charge >= 0.3 is 5.97 Å². The molecule has 0 radical (unpaired) electrons. The molecule has 0 saturated heterocycles. The lowest BCUT2D eigenvalue weighted by Crippen LogP contribution is -3.09. The fraction of sp³-hybridized carbons (Fsp3) is 0.429. The smallest absolute Gasteiger partial charge is 0.313 e. The Hall–Kier alpha value is -0.520. The van der Waals surface area contributed by atoms with E-state index in [-0.39, 0.29) is 18.8 Å². The number of thioether (sulfide) groups is 1. The molecule has 0 bridgehead atoms. The van der Waals surface area contributed by atoms with Crippen molar-refractivity contribution in [2.45, 2.75) is 6.42 Å². The summed E-state index contributed by atoms with van der Waals surface area (Å²) in [5.41, 5.74) is 0.948.